The molecule has 0 atom stereocenters. The van der Waals surface area contributed by atoms with Gasteiger partial charge in [0.05, 0.1) is 18.3 Å². The van der Waals surface area contributed by atoms with Crippen LogP contribution in [-0.2, 0) is 14.3 Å². The average Bonchev–Trinajstić information content (AvgIpc) is 2.65. The number of carbonyl (C=O) groups is 2. The minimum atomic E-state index is -0.498. The van der Waals surface area contributed by atoms with E-state index in [0.717, 1.165) is 5.56 Å². The molecule has 7 heteroatoms. The fourth-order valence-corrected chi connectivity index (χ4v) is 2.78. The Hall–Kier alpha value is -3.12. The zero-order chi connectivity index (χ0) is 19.4. The molecule has 27 heavy (non-hydrogen) atoms. The number of benzene rings is 2. The summed E-state index contributed by atoms with van der Waals surface area (Å²) in [6.07, 6.45) is 0. The number of rotatable bonds is 5. The Kier molecular flexibility index (Phi) is 5.57. The van der Waals surface area contributed by atoms with Crippen LogP contribution in [0.3, 0.4) is 0 Å². The van der Waals surface area contributed by atoms with Crippen LogP contribution < -0.4 is 10.1 Å². The van der Waals surface area contributed by atoms with E-state index in [4.69, 9.17) is 16.3 Å². The molecule has 3 aromatic rings. The van der Waals surface area contributed by atoms with E-state index in [2.05, 4.69) is 15.0 Å². The topological polar surface area (TPSA) is 77.5 Å². The molecule has 0 fully saturated rings. The Balaban J connectivity index is 2.11. The number of carbonyl (C=O) groups excluding carboxylic acids is 2. The Morgan fingerprint density at radius 3 is 2.67 bits per heavy atom. The number of halogens is 1. The minimum Gasteiger partial charge on any atom is -0.481 e. The molecule has 1 N–H and O–H groups in total. The van der Waals surface area contributed by atoms with E-state index in [9.17, 15) is 9.59 Å². The molecule has 0 unspecified atom stereocenters. The predicted octanol–water partition coefficient (Wildman–Crippen LogP) is 4.07. The predicted molar refractivity (Wildman–Crippen MR) is 104 cm³/mol. The summed E-state index contributed by atoms with van der Waals surface area (Å²) in [5.41, 5.74) is 2.73. The number of fused-ring (bicyclic) bond motifs is 1. The molecule has 0 aliphatic heterocycles. The first kappa shape index (κ1) is 18.7. The largest absolute Gasteiger partial charge is 0.481 e. The van der Waals surface area contributed by atoms with Crippen molar-refractivity contribution in [3.05, 3.63) is 53.6 Å². The number of aromatic nitrogens is 1. The number of ether oxygens (including phenoxy) is 2. The van der Waals surface area contributed by atoms with Gasteiger partial charge in [0.25, 0.3) is 0 Å². The average molecular weight is 385 g/mol. The van der Waals surface area contributed by atoms with Gasteiger partial charge in [-0.25, -0.2) is 9.78 Å². The van der Waals surface area contributed by atoms with E-state index in [0.29, 0.717) is 33.1 Å². The van der Waals surface area contributed by atoms with Crippen LogP contribution in [0.4, 0.5) is 5.69 Å². The Labute approximate surface area is 161 Å². The molecule has 0 aliphatic carbocycles. The van der Waals surface area contributed by atoms with Gasteiger partial charge in [0.2, 0.25) is 5.91 Å². The van der Waals surface area contributed by atoms with Gasteiger partial charge in [-0.2, -0.15) is 0 Å². The number of hydrogen-bond donors (Lipinski definition) is 1. The van der Waals surface area contributed by atoms with Crippen molar-refractivity contribution in [2.45, 2.75) is 6.92 Å². The number of amides is 1. The first-order valence-corrected chi connectivity index (χ1v) is 8.52. The Bertz CT molecular complexity index is 1020. The lowest BCUT2D eigenvalue weighted by atomic mass is 10.1. The van der Waals surface area contributed by atoms with Crippen LogP contribution >= 0.6 is 11.6 Å². The van der Waals surface area contributed by atoms with Gasteiger partial charge in [-0.05, 0) is 30.3 Å². The molecule has 1 heterocycles. The van der Waals surface area contributed by atoms with E-state index < -0.39 is 5.97 Å². The summed E-state index contributed by atoms with van der Waals surface area (Å²) in [7, 11) is 1.29. The van der Waals surface area contributed by atoms with Gasteiger partial charge in [0.15, 0.2) is 6.61 Å². The van der Waals surface area contributed by atoms with E-state index >= 15 is 0 Å². The molecule has 0 saturated heterocycles. The zero-order valence-electron chi connectivity index (χ0n) is 14.8. The maximum Gasteiger partial charge on any atom is 0.343 e. The van der Waals surface area contributed by atoms with Gasteiger partial charge in [0, 0.05) is 34.6 Å². The van der Waals surface area contributed by atoms with Crippen molar-refractivity contribution in [3.63, 3.8) is 0 Å². The first-order chi connectivity index (χ1) is 13.0. The first-order valence-electron chi connectivity index (χ1n) is 8.14. The maximum absolute atomic E-state index is 11.5. The molecule has 1 aromatic heterocycles. The number of hydrogen-bond acceptors (Lipinski definition) is 5. The summed E-state index contributed by atoms with van der Waals surface area (Å²) in [4.78, 5) is 27.5. The van der Waals surface area contributed by atoms with E-state index in [1.165, 1.54) is 14.0 Å². The molecule has 2 aromatic carbocycles. The molecule has 0 spiro atoms. The smallest absolute Gasteiger partial charge is 0.343 e. The van der Waals surface area contributed by atoms with Crippen molar-refractivity contribution >= 4 is 40.1 Å². The van der Waals surface area contributed by atoms with Crippen LogP contribution in [0.1, 0.15) is 6.92 Å². The number of methoxy groups -OCH3 is 1. The van der Waals surface area contributed by atoms with Gasteiger partial charge < -0.3 is 14.8 Å². The van der Waals surface area contributed by atoms with Crippen LogP contribution in [0.2, 0.25) is 5.02 Å². The summed E-state index contributed by atoms with van der Waals surface area (Å²) in [6.45, 7) is 1.19. The number of pyridine rings is 1. The van der Waals surface area contributed by atoms with Crippen molar-refractivity contribution in [2.75, 3.05) is 19.0 Å². The third-order valence-electron chi connectivity index (χ3n) is 3.78. The van der Waals surface area contributed by atoms with Gasteiger partial charge in [-0.3, -0.25) is 4.79 Å². The highest BCUT2D eigenvalue weighted by Gasteiger charge is 2.12. The second-order valence-electron chi connectivity index (χ2n) is 5.79. The SMILES string of the molecule is COC(=O)COc1cc(-c2cccc(Cl)c2)nc2ccc(NC(C)=O)cc12. The van der Waals surface area contributed by atoms with Gasteiger partial charge >= 0.3 is 5.97 Å². The monoisotopic (exact) mass is 384 g/mol. The Morgan fingerprint density at radius 2 is 1.96 bits per heavy atom. The number of nitrogens with one attached hydrogen (secondary N) is 1. The van der Waals surface area contributed by atoms with Crippen molar-refractivity contribution in [3.8, 4) is 17.0 Å². The molecule has 1 amide bonds. The van der Waals surface area contributed by atoms with Crippen LogP contribution in [0.15, 0.2) is 48.5 Å². The second kappa shape index (κ2) is 8.05. The van der Waals surface area contributed by atoms with Gasteiger partial charge in [0.1, 0.15) is 5.75 Å². The Morgan fingerprint density at radius 1 is 1.15 bits per heavy atom. The van der Waals surface area contributed by atoms with Crippen LogP contribution in [0.5, 0.6) is 5.75 Å². The molecular weight excluding hydrogens is 368 g/mol. The molecule has 6 nitrogen and oxygen atoms in total. The summed E-state index contributed by atoms with van der Waals surface area (Å²) in [5.74, 6) is -0.232. The van der Waals surface area contributed by atoms with E-state index in [1.807, 2.05) is 12.1 Å². The summed E-state index contributed by atoms with van der Waals surface area (Å²) in [5, 5.41) is 3.98. The lowest BCUT2D eigenvalue weighted by Crippen LogP contribution is -2.13. The molecule has 0 aliphatic rings. The summed E-state index contributed by atoms with van der Waals surface area (Å²) >= 11 is 6.08. The molecule has 0 saturated carbocycles. The van der Waals surface area contributed by atoms with E-state index in [1.54, 1.807) is 36.4 Å². The van der Waals surface area contributed by atoms with Gasteiger partial charge in [-0.1, -0.05) is 23.7 Å². The molecule has 3 rings (SSSR count). The molecule has 0 radical (unpaired) electrons. The quantitative estimate of drug-likeness (QED) is 0.671. The van der Waals surface area contributed by atoms with Gasteiger partial charge in [-0.15, -0.1) is 0 Å². The fraction of sp³-hybridized carbons (Fsp3) is 0.150. The number of anilines is 1. The normalized spacial score (nSPS) is 10.5. The summed E-state index contributed by atoms with van der Waals surface area (Å²) < 4.78 is 10.3. The number of esters is 1. The van der Waals surface area contributed by atoms with Crippen molar-refractivity contribution in [1.29, 1.82) is 0 Å². The number of nitrogens with zero attached hydrogens (tertiary/aromatic N) is 1. The van der Waals surface area contributed by atoms with Crippen LogP contribution in [-0.4, -0.2) is 30.6 Å². The third-order valence-corrected chi connectivity index (χ3v) is 4.02. The standard InChI is InChI=1S/C20H17ClN2O4/c1-12(24)22-15-6-7-17-16(9-15)19(27-11-20(25)26-2)10-18(23-17)13-4-3-5-14(21)8-13/h3-10H,11H2,1-2H3,(H,22,24). The van der Waals surface area contributed by atoms with E-state index in [-0.39, 0.29) is 12.5 Å². The zero-order valence-corrected chi connectivity index (χ0v) is 15.5. The van der Waals surface area contributed by atoms with Crippen molar-refractivity contribution < 1.29 is 19.1 Å². The second-order valence-corrected chi connectivity index (χ2v) is 6.23. The van der Waals surface area contributed by atoms with Crippen molar-refractivity contribution in [1.82, 2.24) is 4.98 Å². The van der Waals surface area contributed by atoms with Crippen LogP contribution in [0, 0.1) is 0 Å². The molecule has 0 bridgehead atoms. The molecule has 138 valence electrons. The summed E-state index contributed by atoms with van der Waals surface area (Å²) in [6, 6.07) is 14.3. The van der Waals surface area contributed by atoms with Crippen LogP contribution in [0.25, 0.3) is 22.2 Å². The lowest BCUT2D eigenvalue weighted by Gasteiger charge is -2.12. The highest BCUT2D eigenvalue weighted by molar-refractivity contribution is 6.30. The van der Waals surface area contributed by atoms with Crippen molar-refractivity contribution in [2.24, 2.45) is 0 Å². The third kappa shape index (κ3) is 4.54. The maximum atomic E-state index is 11.5. The highest BCUT2D eigenvalue weighted by atomic mass is 35.5. The minimum absolute atomic E-state index is 0.185. The molecular formula is C20H17ClN2O4. The lowest BCUT2D eigenvalue weighted by molar-refractivity contribution is -0.142. The highest BCUT2D eigenvalue weighted by Crippen LogP contribution is 2.32. The fourth-order valence-electron chi connectivity index (χ4n) is 2.59.